The smallest absolute Gasteiger partial charge is 0.264 e. The molecule has 3 rings (SSSR count). The Morgan fingerprint density at radius 3 is 2.91 bits per heavy atom. The molecule has 124 valence electrons. The van der Waals surface area contributed by atoms with Crippen LogP contribution in [0.1, 0.15) is 45.6 Å². The summed E-state index contributed by atoms with van der Waals surface area (Å²) in [4.78, 5) is 16.7. The van der Waals surface area contributed by atoms with E-state index in [1.165, 1.54) is 0 Å². The van der Waals surface area contributed by atoms with Gasteiger partial charge >= 0.3 is 0 Å². The number of ether oxygens (including phenoxy) is 1. The van der Waals surface area contributed by atoms with Crippen LogP contribution in [-0.4, -0.2) is 40.3 Å². The first-order valence-electron chi connectivity index (χ1n) is 8.12. The van der Waals surface area contributed by atoms with Gasteiger partial charge in [0.05, 0.1) is 17.2 Å². The van der Waals surface area contributed by atoms with E-state index in [0.717, 1.165) is 27.6 Å². The van der Waals surface area contributed by atoms with Crippen LogP contribution in [0.2, 0.25) is 0 Å². The summed E-state index contributed by atoms with van der Waals surface area (Å²) in [7, 11) is 0. The van der Waals surface area contributed by atoms with Crippen molar-refractivity contribution in [3.63, 3.8) is 0 Å². The van der Waals surface area contributed by atoms with E-state index in [1.54, 1.807) is 11.3 Å². The second-order valence-corrected chi connectivity index (χ2v) is 7.14. The summed E-state index contributed by atoms with van der Waals surface area (Å²) in [5.74, 6) is 0.260. The molecule has 0 aliphatic carbocycles. The number of amides is 1. The number of rotatable bonds is 5. The van der Waals surface area contributed by atoms with E-state index in [-0.39, 0.29) is 11.8 Å². The molecule has 5 nitrogen and oxygen atoms in total. The Balaban J connectivity index is 1.85. The fraction of sp³-hybridized carbons (Fsp3) is 0.529. The number of thiophene rings is 1. The molecule has 1 atom stereocenters. The molecular weight excluding hydrogens is 310 g/mol. The highest BCUT2D eigenvalue weighted by molar-refractivity contribution is 7.13. The number of carbonyl (C=O) groups excluding carboxylic acids is 1. The lowest BCUT2D eigenvalue weighted by Crippen LogP contribution is -2.39. The van der Waals surface area contributed by atoms with Crippen molar-refractivity contribution in [2.75, 3.05) is 19.8 Å². The maximum atomic E-state index is 12.8. The molecular formula is C17H23N3O2S. The van der Waals surface area contributed by atoms with Crippen molar-refractivity contribution in [3.05, 3.63) is 39.3 Å². The normalized spacial score (nSPS) is 17.3. The van der Waals surface area contributed by atoms with E-state index < -0.39 is 0 Å². The van der Waals surface area contributed by atoms with Gasteiger partial charge in [-0.15, -0.1) is 11.3 Å². The molecule has 0 saturated carbocycles. The van der Waals surface area contributed by atoms with Crippen molar-refractivity contribution in [1.29, 1.82) is 0 Å². The summed E-state index contributed by atoms with van der Waals surface area (Å²) in [6.45, 7) is 9.53. The Bertz CT molecular complexity index is 692. The van der Waals surface area contributed by atoms with Gasteiger partial charge in [0.2, 0.25) is 0 Å². The van der Waals surface area contributed by atoms with Gasteiger partial charge in [-0.3, -0.25) is 9.48 Å². The van der Waals surface area contributed by atoms with Gasteiger partial charge in [0.1, 0.15) is 0 Å². The van der Waals surface area contributed by atoms with E-state index in [0.29, 0.717) is 26.3 Å². The molecule has 0 unspecified atom stereocenters. The van der Waals surface area contributed by atoms with Gasteiger partial charge < -0.3 is 9.64 Å². The Morgan fingerprint density at radius 2 is 2.26 bits per heavy atom. The molecule has 1 aliphatic rings. The Morgan fingerprint density at radius 1 is 1.43 bits per heavy atom. The van der Waals surface area contributed by atoms with Crippen LogP contribution in [0.25, 0.3) is 0 Å². The highest BCUT2D eigenvalue weighted by Gasteiger charge is 2.31. The molecule has 1 amide bonds. The summed E-state index contributed by atoms with van der Waals surface area (Å²) >= 11 is 1.56. The van der Waals surface area contributed by atoms with Crippen molar-refractivity contribution >= 4 is 17.2 Å². The highest BCUT2D eigenvalue weighted by atomic mass is 32.1. The van der Waals surface area contributed by atoms with Gasteiger partial charge in [0.25, 0.3) is 5.91 Å². The molecule has 0 fully saturated rings. The molecule has 2 aromatic rings. The summed E-state index contributed by atoms with van der Waals surface area (Å²) in [5.41, 5.74) is 2.23. The minimum absolute atomic E-state index is 0.111. The van der Waals surface area contributed by atoms with Crippen LogP contribution in [0, 0.1) is 6.92 Å². The quantitative estimate of drug-likeness (QED) is 0.845. The Hall–Kier alpha value is -1.66. The first kappa shape index (κ1) is 16.2. The van der Waals surface area contributed by atoms with Gasteiger partial charge in [-0.2, -0.15) is 5.10 Å². The fourth-order valence-corrected chi connectivity index (χ4v) is 3.82. The van der Waals surface area contributed by atoms with Crippen LogP contribution in [-0.2, 0) is 17.8 Å². The summed E-state index contributed by atoms with van der Waals surface area (Å²) < 4.78 is 7.58. The first-order chi connectivity index (χ1) is 11.1. The number of fused-ring (bicyclic) bond motifs is 1. The van der Waals surface area contributed by atoms with Crippen LogP contribution >= 0.6 is 11.3 Å². The van der Waals surface area contributed by atoms with Crippen molar-refractivity contribution < 1.29 is 9.53 Å². The zero-order valence-electron chi connectivity index (χ0n) is 13.9. The summed E-state index contributed by atoms with van der Waals surface area (Å²) in [6.07, 6.45) is 2.06. The van der Waals surface area contributed by atoms with E-state index in [4.69, 9.17) is 4.74 Å². The lowest BCUT2D eigenvalue weighted by atomic mass is 9.97. The van der Waals surface area contributed by atoms with Gasteiger partial charge in [0.15, 0.2) is 0 Å². The van der Waals surface area contributed by atoms with Crippen molar-refractivity contribution in [2.24, 2.45) is 0 Å². The lowest BCUT2D eigenvalue weighted by molar-refractivity contribution is 0.0656. The molecule has 1 aliphatic heterocycles. The number of aryl methyl sites for hydroxylation is 2. The SMILES string of the molecule is CCOC[C@H]1CN(C(=O)c2ccc(C)s2)Cc2cn(CC)nc21. The molecule has 3 heterocycles. The third-order valence-corrected chi connectivity index (χ3v) is 5.13. The predicted octanol–water partition coefficient (Wildman–Crippen LogP) is 3.05. The van der Waals surface area contributed by atoms with Crippen molar-refractivity contribution in [2.45, 2.75) is 39.8 Å². The van der Waals surface area contributed by atoms with Gasteiger partial charge in [-0.1, -0.05) is 0 Å². The topological polar surface area (TPSA) is 47.4 Å². The van der Waals surface area contributed by atoms with Gasteiger partial charge in [0, 0.05) is 48.8 Å². The molecule has 23 heavy (non-hydrogen) atoms. The molecule has 0 N–H and O–H groups in total. The van der Waals surface area contributed by atoms with E-state index >= 15 is 0 Å². The predicted molar refractivity (Wildman–Crippen MR) is 90.9 cm³/mol. The van der Waals surface area contributed by atoms with Crippen LogP contribution in [0.4, 0.5) is 0 Å². The molecule has 0 bridgehead atoms. The second-order valence-electron chi connectivity index (χ2n) is 5.85. The van der Waals surface area contributed by atoms with E-state index in [2.05, 4.69) is 18.2 Å². The Labute approximate surface area is 140 Å². The molecule has 0 saturated heterocycles. The van der Waals surface area contributed by atoms with E-state index in [9.17, 15) is 4.79 Å². The maximum Gasteiger partial charge on any atom is 0.264 e. The monoisotopic (exact) mass is 333 g/mol. The minimum atomic E-state index is 0.111. The molecule has 2 aromatic heterocycles. The lowest BCUT2D eigenvalue weighted by Gasteiger charge is -2.31. The number of hydrogen-bond donors (Lipinski definition) is 0. The number of hydrogen-bond acceptors (Lipinski definition) is 4. The largest absolute Gasteiger partial charge is 0.381 e. The van der Waals surface area contributed by atoms with E-state index in [1.807, 2.05) is 35.6 Å². The van der Waals surface area contributed by atoms with Crippen LogP contribution in [0.3, 0.4) is 0 Å². The number of nitrogens with zero attached hydrogens (tertiary/aromatic N) is 3. The highest BCUT2D eigenvalue weighted by Crippen LogP contribution is 2.29. The van der Waals surface area contributed by atoms with Gasteiger partial charge in [-0.05, 0) is 32.9 Å². The average Bonchev–Trinajstić information content (AvgIpc) is 3.17. The number of carbonyl (C=O) groups is 1. The molecule has 0 spiro atoms. The first-order valence-corrected chi connectivity index (χ1v) is 8.93. The van der Waals surface area contributed by atoms with Crippen molar-refractivity contribution in [1.82, 2.24) is 14.7 Å². The summed E-state index contributed by atoms with van der Waals surface area (Å²) in [5, 5.41) is 4.68. The third kappa shape index (κ3) is 3.33. The van der Waals surface area contributed by atoms with Crippen LogP contribution in [0.5, 0.6) is 0 Å². The third-order valence-electron chi connectivity index (χ3n) is 4.14. The maximum absolute atomic E-state index is 12.8. The Kier molecular flexibility index (Phi) is 4.82. The zero-order valence-corrected chi connectivity index (χ0v) is 14.7. The summed E-state index contributed by atoms with van der Waals surface area (Å²) in [6, 6.07) is 3.92. The number of aromatic nitrogens is 2. The van der Waals surface area contributed by atoms with Crippen LogP contribution in [0.15, 0.2) is 18.3 Å². The fourth-order valence-electron chi connectivity index (χ4n) is 2.98. The standard InChI is InChI=1S/C17H23N3O2S/c1-4-20-10-13-8-19(17(21)15-7-6-12(3)23-15)9-14(11-22-5-2)16(13)18-20/h6-7,10,14H,4-5,8-9,11H2,1-3H3/t14-/m1/s1. The van der Waals surface area contributed by atoms with Gasteiger partial charge in [-0.25, -0.2) is 0 Å². The molecule has 6 heteroatoms. The molecule has 0 aromatic carbocycles. The zero-order chi connectivity index (χ0) is 16.4. The average molecular weight is 333 g/mol. The van der Waals surface area contributed by atoms with Crippen molar-refractivity contribution in [3.8, 4) is 0 Å². The molecule has 0 radical (unpaired) electrons. The van der Waals surface area contributed by atoms with Crippen LogP contribution < -0.4 is 0 Å². The second kappa shape index (κ2) is 6.84. The minimum Gasteiger partial charge on any atom is -0.381 e.